The van der Waals surface area contributed by atoms with Crippen molar-refractivity contribution in [2.45, 2.75) is 194 Å². The summed E-state index contributed by atoms with van der Waals surface area (Å²) in [5.74, 6) is -1.33. The molecule has 0 rings (SSSR count). The number of aliphatic carboxylic acids is 2. The lowest BCUT2D eigenvalue weighted by atomic mass is 10.1. The van der Waals surface area contributed by atoms with Crippen LogP contribution in [0, 0.1) is 0 Å². The van der Waals surface area contributed by atoms with Gasteiger partial charge in [-0.2, -0.15) is 0 Å². The summed E-state index contributed by atoms with van der Waals surface area (Å²) < 4.78 is 0. The van der Waals surface area contributed by atoms with Gasteiger partial charge < -0.3 is 10.2 Å². The lowest BCUT2D eigenvalue weighted by molar-refractivity contribution is -0.138. The van der Waals surface area contributed by atoms with Crippen LogP contribution in [0.5, 0.6) is 0 Å². The van der Waals surface area contributed by atoms with Gasteiger partial charge in [0.1, 0.15) is 0 Å². The molecule has 0 saturated carbocycles. The van der Waals surface area contributed by atoms with Crippen LogP contribution in [-0.2, 0) is 9.59 Å². The lowest BCUT2D eigenvalue weighted by Gasteiger charge is -1.99. The number of rotatable bonds is 30. The number of hydrogen-bond acceptors (Lipinski definition) is 2. The minimum Gasteiger partial charge on any atom is -0.481 e. The Kier molecular flexibility index (Phi) is 37.9. The smallest absolute Gasteiger partial charge is 0.303 e. The predicted molar refractivity (Wildman–Crippen MR) is 174 cm³/mol. The second kappa shape index (κ2) is 37.4. The highest BCUT2D eigenvalue weighted by atomic mass is 16.4. The van der Waals surface area contributed by atoms with Crippen LogP contribution in [0.15, 0.2) is 24.3 Å². The fraction of sp³-hybridized carbons (Fsp3) is 0.833. The summed E-state index contributed by atoms with van der Waals surface area (Å²) in [5, 5.41) is 17.0. The maximum absolute atomic E-state index is 10.3. The zero-order valence-corrected chi connectivity index (χ0v) is 26.8. The summed E-state index contributed by atoms with van der Waals surface area (Å²) in [5.41, 5.74) is 0. The van der Waals surface area contributed by atoms with E-state index in [0.29, 0.717) is 12.8 Å². The minimum atomic E-state index is -0.664. The number of carbonyl (C=O) groups is 2. The largest absolute Gasteiger partial charge is 0.481 e. The van der Waals surface area contributed by atoms with E-state index in [1.165, 1.54) is 141 Å². The van der Waals surface area contributed by atoms with E-state index in [9.17, 15) is 9.59 Å². The maximum Gasteiger partial charge on any atom is 0.303 e. The molecule has 0 amide bonds. The van der Waals surface area contributed by atoms with Gasteiger partial charge in [-0.25, -0.2) is 0 Å². The Morgan fingerprint density at radius 2 is 0.600 bits per heavy atom. The van der Waals surface area contributed by atoms with E-state index in [1.54, 1.807) is 0 Å². The molecule has 0 unspecified atom stereocenters. The van der Waals surface area contributed by atoms with Gasteiger partial charge in [-0.3, -0.25) is 9.59 Å². The SMILES string of the molecule is CCCCCCCC/C=C/CCCCCCCC(=O)O.CCCCCCCCC=CCCCCCCCC(=O)O. The molecule has 0 aromatic heterocycles. The molecule has 0 fully saturated rings. The van der Waals surface area contributed by atoms with Crippen LogP contribution >= 0.6 is 0 Å². The van der Waals surface area contributed by atoms with Crippen LogP contribution in [-0.4, -0.2) is 22.2 Å². The molecule has 0 aliphatic carbocycles. The molecular formula is C36H68O4. The molecule has 4 nitrogen and oxygen atoms in total. The van der Waals surface area contributed by atoms with Gasteiger partial charge in [0.15, 0.2) is 0 Å². The summed E-state index contributed by atoms with van der Waals surface area (Å²) in [6, 6.07) is 0. The molecule has 2 N–H and O–H groups in total. The van der Waals surface area contributed by atoms with Crippen LogP contribution in [0.3, 0.4) is 0 Å². The van der Waals surface area contributed by atoms with E-state index in [2.05, 4.69) is 38.2 Å². The number of unbranched alkanes of at least 4 members (excludes halogenated alkanes) is 22. The van der Waals surface area contributed by atoms with Crippen molar-refractivity contribution in [3.8, 4) is 0 Å². The molecule has 0 aliphatic heterocycles. The van der Waals surface area contributed by atoms with Gasteiger partial charge in [0.05, 0.1) is 0 Å². The molecule has 0 atom stereocenters. The fourth-order valence-corrected chi connectivity index (χ4v) is 4.69. The van der Waals surface area contributed by atoms with Crippen molar-refractivity contribution < 1.29 is 19.8 Å². The fourth-order valence-electron chi connectivity index (χ4n) is 4.69. The number of carboxylic acids is 2. The number of hydrogen-bond donors (Lipinski definition) is 2. The molecule has 0 spiro atoms. The molecule has 0 heterocycles. The highest BCUT2D eigenvalue weighted by molar-refractivity contribution is 5.66. The Morgan fingerprint density at radius 3 is 0.850 bits per heavy atom. The van der Waals surface area contributed by atoms with Gasteiger partial charge in [0, 0.05) is 12.8 Å². The Bertz CT molecular complexity index is 517. The monoisotopic (exact) mass is 565 g/mol. The molecule has 0 saturated heterocycles. The summed E-state index contributed by atoms with van der Waals surface area (Å²) >= 11 is 0. The molecule has 236 valence electrons. The van der Waals surface area contributed by atoms with E-state index in [0.717, 1.165) is 25.7 Å². The molecule has 0 bridgehead atoms. The van der Waals surface area contributed by atoms with Crippen molar-refractivity contribution in [2.24, 2.45) is 0 Å². The van der Waals surface area contributed by atoms with Gasteiger partial charge in [0.2, 0.25) is 0 Å². The maximum atomic E-state index is 10.3. The first kappa shape index (κ1) is 40.6. The highest BCUT2D eigenvalue weighted by Gasteiger charge is 1.97. The van der Waals surface area contributed by atoms with Crippen molar-refractivity contribution in [3.05, 3.63) is 24.3 Å². The predicted octanol–water partition coefficient (Wildman–Crippen LogP) is 12.2. The van der Waals surface area contributed by atoms with Gasteiger partial charge in [-0.1, -0.05) is 141 Å². The second-order valence-electron chi connectivity index (χ2n) is 11.5. The number of carboxylic acid groups (broad SMARTS) is 2. The van der Waals surface area contributed by atoms with Crippen LogP contribution in [0.1, 0.15) is 194 Å². The third kappa shape index (κ3) is 43.5. The van der Waals surface area contributed by atoms with E-state index >= 15 is 0 Å². The first-order chi connectivity index (χ1) is 19.5. The lowest BCUT2D eigenvalue weighted by Crippen LogP contribution is -1.93. The van der Waals surface area contributed by atoms with Crippen LogP contribution in [0.4, 0.5) is 0 Å². The van der Waals surface area contributed by atoms with Crippen molar-refractivity contribution in [1.82, 2.24) is 0 Å². The Balaban J connectivity index is 0. The molecule has 4 heteroatoms. The normalized spacial score (nSPS) is 11.2. The topological polar surface area (TPSA) is 74.6 Å². The quantitative estimate of drug-likeness (QED) is 0.0672. The first-order valence-corrected chi connectivity index (χ1v) is 17.3. The van der Waals surface area contributed by atoms with Crippen molar-refractivity contribution in [1.29, 1.82) is 0 Å². The van der Waals surface area contributed by atoms with Crippen LogP contribution in [0.25, 0.3) is 0 Å². The van der Waals surface area contributed by atoms with Gasteiger partial charge in [-0.15, -0.1) is 0 Å². The zero-order chi connectivity index (χ0) is 29.8. The average Bonchev–Trinajstić information content (AvgIpc) is 2.93. The Labute approximate surface area is 249 Å². The first-order valence-electron chi connectivity index (χ1n) is 17.3. The van der Waals surface area contributed by atoms with E-state index < -0.39 is 11.9 Å². The highest BCUT2D eigenvalue weighted by Crippen LogP contribution is 2.11. The van der Waals surface area contributed by atoms with Gasteiger partial charge >= 0.3 is 11.9 Å². The van der Waals surface area contributed by atoms with Gasteiger partial charge in [0.25, 0.3) is 0 Å². The third-order valence-corrected chi connectivity index (χ3v) is 7.30. The molecule has 40 heavy (non-hydrogen) atoms. The third-order valence-electron chi connectivity index (χ3n) is 7.30. The van der Waals surface area contributed by atoms with E-state index in [1.807, 2.05) is 0 Å². The Hall–Kier alpha value is -1.58. The Morgan fingerprint density at radius 1 is 0.375 bits per heavy atom. The van der Waals surface area contributed by atoms with Crippen LogP contribution in [0.2, 0.25) is 0 Å². The molecule has 0 aromatic rings. The number of allylic oxidation sites excluding steroid dienone is 4. The zero-order valence-electron chi connectivity index (χ0n) is 26.8. The summed E-state index contributed by atoms with van der Waals surface area (Å²) in [7, 11) is 0. The minimum absolute atomic E-state index is 0.332. The summed E-state index contributed by atoms with van der Waals surface area (Å²) in [6.07, 6.45) is 42.5. The molecule has 0 radical (unpaired) electrons. The van der Waals surface area contributed by atoms with Crippen molar-refractivity contribution >= 4 is 11.9 Å². The van der Waals surface area contributed by atoms with Crippen LogP contribution < -0.4 is 0 Å². The standard InChI is InChI=1S/2C18H34O2/c2*1-2-3-4-5-6-7-8-9-10-11-12-13-14-15-16-17-18(19)20/h2*9-10H,2-8,11-17H2,1H3,(H,19,20)/b10-9+;. The van der Waals surface area contributed by atoms with E-state index in [-0.39, 0.29) is 0 Å². The molecule has 0 aliphatic rings. The summed E-state index contributed by atoms with van der Waals surface area (Å²) in [4.78, 5) is 20.6. The van der Waals surface area contributed by atoms with Gasteiger partial charge in [-0.05, 0) is 64.2 Å². The second-order valence-corrected chi connectivity index (χ2v) is 11.5. The van der Waals surface area contributed by atoms with Crippen molar-refractivity contribution in [2.75, 3.05) is 0 Å². The molecule has 0 aromatic carbocycles. The van der Waals surface area contributed by atoms with Crippen molar-refractivity contribution in [3.63, 3.8) is 0 Å². The molecular weight excluding hydrogens is 496 g/mol. The average molecular weight is 565 g/mol. The summed E-state index contributed by atoms with van der Waals surface area (Å²) in [6.45, 7) is 4.52. The van der Waals surface area contributed by atoms with E-state index in [4.69, 9.17) is 10.2 Å².